The Kier molecular flexibility index (Phi) is 6.46. The Morgan fingerprint density at radius 2 is 1.63 bits per heavy atom. The molecule has 2 aromatic carbocycles. The Morgan fingerprint density at radius 3 is 2.26 bits per heavy atom. The van der Waals surface area contributed by atoms with Gasteiger partial charge in [0.1, 0.15) is 10.8 Å². The van der Waals surface area contributed by atoms with Crippen molar-refractivity contribution in [2.24, 2.45) is 0 Å². The number of hydrogen-bond acceptors (Lipinski definition) is 4. The lowest BCUT2D eigenvalue weighted by atomic mass is 9.97. The second kappa shape index (κ2) is 9.54. The number of piperazine rings is 1. The van der Waals surface area contributed by atoms with Crippen molar-refractivity contribution in [2.75, 3.05) is 31.5 Å². The highest BCUT2D eigenvalue weighted by molar-refractivity contribution is 6.36. The zero-order valence-electron chi connectivity index (χ0n) is 18.9. The number of carbonyl (C=O) groups is 1. The summed E-state index contributed by atoms with van der Waals surface area (Å²) in [6, 6.07) is 16.5. The maximum absolute atomic E-state index is 14.0. The Morgan fingerprint density at radius 1 is 1.00 bits per heavy atom. The highest BCUT2D eigenvalue weighted by Crippen LogP contribution is 2.46. The van der Waals surface area contributed by atoms with Gasteiger partial charge in [-0.2, -0.15) is 18.3 Å². The molecule has 1 amide bonds. The highest BCUT2D eigenvalue weighted by atomic mass is 35.5. The van der Waals surface area contributed by atoms with E-state index in [-0.39, 0.29) is 23.0 Å². The van der Waals surface area contributed by atoms with Gasteiger partial charge in [-0.15, -0.1) is 0 Å². The van der Waals surface area contributed by atoms with Gasteiger partial charge in [-0.1, -0.05) is 72.3 Å². The minimum atomic E-state index is -4.54. The molecule has 1 aromatic heterocycles. The van der Waals surface area contributed by atoms with Gasteiger partial charge in [-0.3, -0.25) is 9.69 Å². The molecule has 0 saturated carbocycles. The van der Waals surface area contributed by atoms with Gasteiger partial charge < -0.3 is 10.2 Å². The number of nitrogens with zero attached hydrogens (tertiary/aromatic N) is 4. The summed E-state index contributed by atoms with van der Waals surface area (Å²) < 4.78 is 42.8. The third kappa shape index (κ3) is 4.88. The number of aromatic nitrogens is 2. The minimum Gasteiger partial charge on any atom is -0.362 e. The maximum Gasteiger partial charge on any atom is 0.410 e. The first-order chi connectivity index (χ1) is 16.8. The predicted octanol–water partition coefficient (Wildman–Crippen LogP) is 5.15. The number of carbonyl (C=O) groups excluding carboxylic acids is 1. The van der Waals surface area contributed by atoms with Crippen molar-refractivity contribution >= 4 is 23.3 Å². The van der Waals surface area contributed by atoms with Gasteiger partial charge >= 0.3 is 6.18 Å². The van der Waals surface area contributed by atoms with Crippen LogP contribution in [0.3, 0.4) is 0 Å². The monoisotopic (exact) mass is 503 g/mol. The molecule has 0 aliphatic carbocycles. The Bertz CT molecular complexity index is 1180. The van der Waals surface area contributed by atoms with Crippen LogP contribution in [0, 0.1) is 0 Å². The molecule has 35 heavy (non-hydrogen) atoms. The van der Waals surface area contributed by atoms with Crippen molar-refractivity contribution < 1.29 is 18.0 Å². The Hall–Kier alpha value is -3.04. The first-order valence-electron chi connectivity index (χ1n) is 11.5. The number of fused-ring (bicyclic) bond motifs is 1. The maximum atomic E-state index is 14.0. The number of halogens is 4. The molecule has 10 heteroatoms. The molecule has 5 rings (SSSR count). The van der Waals surface area contributed by atoms with E-state index >= 15 is 0 Å². The molecule has 0 bridgehead atoms. The number of nitrogens with one attached hydrogen (secondary N) is 1. The van der Waals surface area contributed by atoms with Crippen LogP contribution in [0.4, 0.5) is 19.0 Å². The average molecular weight is 504 g/mol. The van der Waals surface area contributed by atoms with Gasteiger partial charge in [0.25, 0.3) is 5.91 Å². The van der Waals surface area contributed by atoms with Crippen LogP contribution in [0.15, 0.2) is 60.7 Å². The van der Waals surface area contributed by atoms with E-state index in [1.54, 1.807) is 35.2 Å². The van der Waals surface area contributed by atoms with Crippen molar-refractivity contribution in [1.29, 1.82) is 0 Å². The second-order valence-electron chi connectivity index (χ2n) is 8.91. The van der Waals surface area contributed by atoms with E-state index in [2.05, 4.69) is 27.4 Å². The first kappa shape index (κ1) is 23.7. The van der Waals surface area contributed by atoms with Gasteiger partial charge in [-0.25, -0.2) is 4.68 Å². The van der Waals surface area contributed by atoms with E-state index in [0.717, 1.165) is 11.2 Å². The fourth-order valence-corrected chi connectivity index (χ4v) is 4.99. The van der Waals surface area contributed by atoms with E-state index < -0.39 is 24.2 Å². The first-order valence-corrected chi connectivity index (χ1v) is 11.9. The normalized spacial score (nSPS) is 20.9. The molecule has 1 saturated heterocycles. The molecule has 1 fully saturated rings. The van der Waals surface area contributed by atoms with E-state index in [9.17, 15) is 18.0 Å². The fraction of sp³-hybridized carbons (Fsp3) is 0.360. The van der Waals surface area contributed by atoms with Gasteiger partial charge in [-0.05, 0) is 11.1 Å². The van der Waals surface area contributed by atoms with Crippen LogP contribution >= 0.6 is 11.6 Å². The highest BCUT2D eigenvalue weighted by Gasteiger charge is 2.48. The molecular weight excluding hydrogens is 479 g/mol. The van der Waals surface area contributed by atoms with Crippen molar-refractivity contribution in [3.8, 4) is 0 Å². The van der Waals surface area contributed by atoms with Crippen molar-refractivity contribution in [3.05, 3.63) is 82.5 Å². The standard InChI is InChI=1S/C25H25ClF3N5O/c26-21-22(24(35)33-13-11-32(12-14-33)16-17-7-3-1-4-8-17)31-34-20(25(27,28)29)15-19(30-23(21)34)18-9-5-2-6-10-18/h1-10,19-20,30H,11-16H2/t19-,20-/m1/s1. The lowest BCUT2D eigenvalue weighted by Gasteiger charge is -2.34. The molecule has 0 unspecified atom stereocenters. The Labute approximate surface area is 206 Å². The summed E-state index contributed by atoms with van der Waals surface area (Å²) in [7, 11) is 0. The van der Waals surface area contributed by atoms with Crippen LogP contribution in [0.25, 0.3) is 0 Å². The van der Waals surface area contributed by atoms with E-state index in [4.69, 9.17) is 11.6 Å². The van der Waals surface area contributed by atoms with Crippen LogP contribution in [0.1, 0.15) is 40.1 Å². The third-order valence-corrected chi connectivity index (χ3v) is 6.97. The number of hydrogen-bond donors (Lipinski definition) is 1. The smallest absolute Gasteiger partial charge is 0.362 e. The molecule has 2 atom stereocenters. The lowest BCUT2D eigenvalue weighted by molar-refractivity contribution is -0.173. The third-order valence-electron chi connectivity index (χ3n) is 6.61. The fourth-order valence-electron chi connectivity index (χ4n) is 4.73. The quantitative estimate of drug-likeness (QED) is 0.534. The van der Waals surface area contributed by atoms with Crippen molar-refractivity contribution in [2.45, 2.75) is 31.2 Å². The number of anilines is 1. The van der Waals surface area contributed by atoms with E-state index in [1.165, 1.54) is 5.56 Å². The number of rotatable bonds is 4. The molecule has 1 N–H and O–H groups in total. The topological polar surface area (TPSA) is 53.4 Å². The average Bonchev–Trinajstić information content (AvgIpc) is 3.20. The number of alkyl halides is 3. The van der Waals surface area contributed by atoms with Gasteiger partial charge in [0.15, 0.2) is 11.7 Å². The van der Waals surface area contributed by atoms with Crippen LogP contribution < -0.4 is 5.32 Å². The molecule has 2 aliphatic rings. The summed E-state index contributed by atoms with van der Waals surface area (Å²) >= 11 is 6.49. The molecule has 3 heterocycles. The zero-order valence-corrected chi connectivity index (χ0v) is 19.6. The predicted molar refractivity (Wildman–Crippen MR) is 127 cm³/mol. The van der Waals surface area contributed by atoms with Crippen molar-refractivity contribution in [1.82, 2.24) is 19.6 Å². The summed E-state index contributed by atoms with van der Waals surface area (Å²) in [5.74, 6) is -0.421. The van der Waals surface area contributed by atoms with Crippen LogP contribution in [-0.4, -0.2) is 57.8 Å². The zero-order chi connectivity index (χ0) is 24.6. The summed E-state index contributed by atoms with van der Waals surface area (Å²) in [5, 5.41) is 7.10. The van der Waals surface area contributed by atoms with E-state index in [1.807, 2.05) is 18.2 Å². The van der Waals surface area contributed by atoms with Crippen molar-refractivity contribution in [3.63, 3.8) is 0 Å². The van der Waals surface area contributed by atoms with Crippen LogP contribution in [0.5, 0.6) is 0 Å². The largest absolute Gasteiger partial charge is 0.410 e. The molecule has 0 spiro atoms. The van der Waals surface area contributed by atoms with Crippen LogP contribution in [0.2, 0.25) is 5.02 Å². The number of amides is 1. The summed E-state index contributed by atoms with van der Waals surface area (Å²) in [6.07, 6.45) is -4.78. The molecular formula is C25H25ClF3N5O. The SMILES string of the molecule is O=C(c1nn2c(c1Cl)N[C@@H](c1ccccc1)C[C@@H]2C(F)(F)F)N1CCN(Cc2ccccc2)CC1. The second-order valence-corrected chi connectivity index (χ2v) is 9.29. The summed E-state index contributed by atoms with van der Waals surface area (Å²) in [6.45, 7) is 3.00. The molecule has 6 nitrogen and oxygen atoms in total. The van der Waals surface area contributed by atoms with Gasteiger partial charge in [0.2, 0.25) is 0 Å². The van der Waals surface area contributed by atoms with Gasteiger partial charge in [0, 0.05) is 39.1 Å². The summed E-state index contributed by atoms with van der Waals surface area (Å²) in [4.78, 5) is 17.1. The van der Waals surface area contributed by atoms with Crippen LogP contribution in [-0.2, 0) is 6.54 Å². The molecule has 184 valence electrons. The van der Waals surface area contributed by atoms with Gasteiger partial charge in [0.05, 0.1) is 6.04 Å². The lowest BCUT2D eigenvalue weighted by Crippen LogP contribution is -2.48. The molecule has 3 aromatic rings. The number of benzene rings is 2. The summed E-state index contributed by atoms with van der Waals surface area (Å²) in [5.41, 5.74) is 1.76. The molecule has 2 aliphatic heterocycles. The Balaban J connectivity index is 1.34. The minimum absolute atomic E-state index is 0.0279. The van der Waals surface area contributed by atoms with E-state index in [0.29, 0.717) is 31.7 Å². The molecule has 0 radical (unpaired) electrons.